The molecule has 1 atom stereocenters. The molecule has 4 heteroatoms. The average molecular weight is 283 g/mol. The Balaban J connectivity index is 1.97. The normalized spacial score (nSPS) is 17.0. The van der Waals surface area contributed by atoms with E-state index in [1.54, 1.807) is 18.2 Å². The smallest absolute Gasteiger partial charge is 0.335 e. The third kappa shape index (κ3) is 2.70. The van der Waals surface area contributed by atoms with E-state index in [0.717, 1.165) is 18.0 Å². The predicted molar refractivity (Wildman–Crippen MR) is 81.0 cm³/mol. The van der Waals surface area contributed by atoms with Gasteiger partial charge in [0.25, 0.3) is 0 Å². The van der Waals surface area contributed by atoms with Gasteiger partial charge in [-0.05, 0) is 30.7 Å². The number of hydrogen-bond acceptors (Lipinski definition) is 3. The lowest BCUT2D eigenvalue weighted by Gasteiger charge is -2.37. The zero-order valence-corrected chi connectivity index (χ0v) is 11.8. The summed E-state index contributed by atoms with van der Waals surface area (Å²) in [5.41, 5.74) is 2.32. The van der Waals surface area contributed by atoms with Gasteiger partial charge in [0, 0.05) is 6.54 Å². The summed E-state index contributed by atoms with van der Waals surface area (Å²) < 4.78 is 5.70. The third-order valence-corrected chi connectivity index (χ3v) is 3.72. The molecule has 0 saturated heterocycles. The Bertz CT molecular complexity index is 654. The Morgan fingerprint density at radius 2 is 2.05 bits per heavy atom. The number of carboxylic acid groups (broad SMARTS) is 1. The van der Waals surface area contributed by atoms with Gasteiger partial charge in [0.2, 0.25) is 0 Å². The highest BCUT2D eigenvalue weighted by atomic mass is 16.5. The standard InChI is InChI=1S/C17H17NO3/c1-12-11-21-16-8-7-14(17(19)20)9-15(16)18(12)10-13-5-3-2-4-6-13/h2-9,12H,10-11H2,1H3,(H,19,20). The summed E-state index contributed by atoms with van der Waals surface area (Å²) >= 11 is 0. The molecule has 108 valence electrons. The van der Waals surface area contributed by atoms with Crippen molar-refractivity contribution in [3.63, 3.8) is 0 Å². The van der Waals surface area contributed by atoms with Crippen LogP contribution in [0.25, 0.3) is 0 Å². The van der Waals surface area contributed by atoms with Gasteiger partial charge in [-0.25, -0.2) is 4.79 Å². The molecule has 1 heterocycles. The van der Waals surface area contributed by atoms with E-state index in [1.165, 1.54) is 5.56 Å². The minimum Gasteiger partial charge on any atom is -0.489 e. The van der Waals surface area contributed by atoms with E-state index in [0.29, 0.717) is 6.61 Å². The number of fused-ring (bicyclic) bond motifs is 1. The van der Waals surface area contributed by atoms with Crippen molar-refractivity contribution >= 4 is 11.7 Å². The molecule has 0 aromatic heterocycles. The van der Waals surface area contributed by atoms with Crippen LogP contribution < -0.4 is 9.64 Å². The molecule has 21 heavy (non-hydrogen) atoms. The van der Waals surface area contributed by atoms with Gasteiger partial charge in [0.1, 0.15) is 12.4 Å². The fourth-order valence-corrected chi connectivity index (χ4v) is 2.56. The van der Waals surface area contributed by atoms with E-state index >= 15 is 0 Å². The van der Waals surface area contributed by atoms with Crippen molar-refractivity contribution < 1.29 is 14.6 Å². The lowest BCUT2D eigenvalue weighted by atomic mass is 10.1. The van der Waals surface area contributed by atoms with Crippen LogP contribution in [0.4, 0.5) is 5.69 Å². The zero-order valence-electron chi connectivity index (χ0n) is 11.8. The Labute approximate surface area is 123 Å². The van der Waals surface area contributed by atoms with E-state index in [4.69, 9.17) is 9.84 Å². The summed E-state index contributed by atoms with van der Waals surface area (Å²) in [5, 5.41) is 9.17. The second kappa shape index (κ2) is 5.48. The number of aromatic carboxylic acids is 1. The highest BCUT2D eigenvalue weighted by Crippen LogP contribution is 2.35. The molecule has 0 amide bonds. The van der Waals surface area contributed by atoms with Crippen molar-refractivity contribution in [2.45, 2.75) is 19.5 Å². The molecule has 1 aliphatic heterocycles. The quantitative estimate of drug-likeness (QED) is 0.940. The van der Waals surface area contributed by atoms with Crippen LogP contribution in [-0.2, 0) is 6.54 Å². The Kier molecular flexibility index (Phi) is 3.52. The zero-order chi connectivity index (χ0) is 14.8. The highest BCUT2D eigenvalue weighted by molar-refractivity contribution is 5.89. The van der Waals surface area contributed by atoms with Gasteiger partial charge >= 0.3 is 5.97 Å². The number of hydrogen-bond donors (Lipinski definition) is 1. The van der Waals surface area contributed by atoms with Crippen LogP contribution >= 0.6 is 0 Å². The molecular weight excluding hydrogens is 266 g/mol. The van der Waals surface area contributed by atoms with Crippen LogP contribution in [0.5, 0.6) is 5.75 Å². The van der Waals surface area contributed by atoms with Gasteiger partial charge in [-0.1, -0.05) is 30.3 Å². The fourth-order valence-electron chi connectivity index (χ4n) is 2.56. The number of carbonyl (C=O) groups is 1. The molecule has 2 aromatic rings. The maximum absolute atomic E-state index is 11.2. The molecule has 2 aromatic carbocycles. The molecule has 0 aliphatic carbocycles. The van der Waals surface area contributed by atoms with Gasteiger partial charge in [0.05, 0.1) is 17.3 Å². The van der Waals surface area contributed by atoms with E-state index in [-0.39, 0.29) is 11.6 Å². The molecular formula is C17H17NO3. The summed E-state index contributed by atoms with van der Waals surface area (Å²) in [6.07, 6.45) is 0. The molecule has 0 spiro atoms. The molecule has 1 unspecified atom stereocenters. The second-order valence-electron chi connectivity index (χ2n) is 5.26. The van der Waals surface area contributed by atoms with Crippen molar-refractivity contribution in [1.29, 1.82) is 0 Å². The number of ether oxygens (including phenoxy) is 1. The van der Waals surface area contributed by atoms with Gasteiger partial charge < -0.3 is 14.7 Å². The first-order valence-electron chi connectivity index (χ1n) is 6.96. The fraction of sp³-hybridized carbons (Fsp3) is 0.235. The Hall–Kier alpha value is -2.49. The highest BCUT2D eigenvalue weighted by Gasteiger charge is 2.25. The number of benzene rings is 2. The third-order valence-electron chi connectivity index (χ3n) is 3.72. The van der Waals surface area contributed by atoms with Gasteiger partial charge in [0.15, 0.2) is 0 Å². The number of rotatable bonds is 3. The first kappa shape index (κ1) is 13.5. The minimum atomic E-state index is -0.921. The topological polar surface area (TPSA) is 49.8 Å². The van der Waals surface area contributed by atoms with Gasteiger partial charge in [-0.3, -0.25) is 0 Å². The number of anilines is 1. The maximum Gasteiger partial charge on any atom is 0.335 e. The van der Waals surface area contributed by atoms with Crippen molar-refractivity contribution in [3.05, 3.63) is 59.7 Å². The van der Waals surface area contributed by atoms with E-state index in [9.17, 15) is 4.79 Å². The van der Waals surface area contributed by atoms with E-state index < -0.39 is 5.97 Å². The molecule has 3 rings (SSSR count). The monoisotopic (exact) mass is 283 g/mol. The summed E-state index contributed by atoms with van der Waals surface area (Å²) in [4.78, 5) is 13.4. The van der Waals surface area contributed by atoms with Crippen LogP contribution in [0.2, 0.25) is 0 Å². The number of carboxylic acids is 1. The lowest BCUT2D eigenvalue weighted by molar-refractivity contribution is 0.0697. The summed E-state index contributed by atoms with van der Waals surface area (Å²) in [7, 11) is 0. The van der Waals surface area contributed by atoms with Crippen LogP contribution in [0.15, 0.2) is 48.5 Å². The molecule has 0 fully saturated rings. The summed E-state index contributed by atoms with van der Waals surface area (Å²) in [6, 6.07) is 15.4. The van der Waals surface area contributed by atoms with Gasteiger partial charge in [-0.2, -0.15) is 0 Å². The second-order valence-corrected chi connectivity index (χ2v) is 5.26. The Morgan fingerprint density at radius 1 is 1.29 bits per heavy atom. The van der Waals surface area contributed by atoms with Crippen LogP contribution in [0.3, 0.4) is 0 Å². The van der Waals surface area contributed by atoms with Gasteiger partial charge in [-0.15, -0.1) is 0 Å². The largest absolute Gasteiger partial charge is 0.489 e. The maximum atomic E-state index is 11.2. The van der Waals surface area contributed by atoms with Crippen LogP contribution in [0.1, 0.15) is 22.8 Å². The number of nitrogens with zero attached hydrogens (tertiary/aromatic N) is 1. The molecule has 1 N–H and O–H groups in total. The molecule has 0 radical (unpaired) electrons. The molecule has 0 bridgehead atoms. The van der Waals surface area contributed by atoms with Crippen LogP contribution in [-0.4, -0.2) is 23.7 Å². The Morgan fingerprint density at radius 3 is 2.76 bits per heavy atom. The predicted octanol–water partition coefficient (Wildman–Crippen LogP) is 3.17. The van der Waals surface area contributed by atoms with E-state index in [1.807, 2.05) is 18.2 Å². The molecule has 4 nitrogen and oxygen atoms in total. The SMILES string of the molecule is CC1COc2ccc(C(=O)O)cc2N1Cc1ccccc1. The van der Waals surface area contributed by atoms with Crippen LogP contribution in [0, 0.1) is 0 Å². The van der Waals surface area contributed by atoms with Crippen molar-refractivity contribution in [1.82, 2.24) is 0 Å². The summed E-state index contributed by atoms with van der Waals surface area (Å²) in [5.74, 6) is -0.176. The minimum absolute atomic E-state index is 0.196. The lowest BCUT2D eigenvalue weighted by Crippen LogP contribution is -2.40. The average Bonchev–Trinajstić information content (AvgIpc) is 2.50. The first-order valence-corrected chi connectivity index (χ1v) is 6.96. The first-order chi connectivity index (χ1) is 10.1. The van der Waals surface area contributed by atoms with Crippen molar-refractivity contribution in [2.24, 2.45) is 0 Å². The molecule has 1 aliphatic rings. The van der Waals surface area contributed by atoms with E-state index in [2.05, 4.69) is 24.0 Å². The molecule has 0 saturated carbocycles. The van der Waals surface area contributed by atoms with Crippen molar-refractivity contribution in [2.75, 3.05) is 11.5 Å². The summed E-state index contributed by atoms with van der Waals surface area (Å²) in [6.45, 7) is 3.42. The van der Waals surface area contributed by atoms with Crippen molar-refractivity contribution in [3.8, 4) is 5.75 Å².